The Labute approximate surface area is 111 Å². The zero-order chi connectivity index (χ0) is 14.0. The number of hydrogen-bond donors (Lipinski definition) is 2. The molecule has 2 rings (SSSR count). The van der Waals surface area contributed by atoms with Crippen molar-refractivity contribution in [3.63, 3.8) is 0 Å². The van der Waals surface area contributed by atoms with Gasteiger partial charge in [-0.2, -0.15) is 5.10 Å². The summed E-state index contributed by atoms with van der Waals surface area (Å²) in [5.74, 6) is -1.82. The molecular weight excluding hydrogens is 270 g/mol. The number of nitrogens with zero attached hydrogens (tertiary/aromatic N) is 2. The fraction of sp³-hybridized carbons (Fsp3) is 0.636. The van der Waals surface area contributed by atoms with E-state index in [4.69, 9.17) is 5.11 Å². The van der Waals surface area contributed by atoms with E-state index in [9.17, 15) is 13.2 Å². The minimum Gasteiger partial charge on any atom is -0.481 e. The SMILES string of the molecule is CN(Cc1cn[nH]c1)S(=O)(=O)C1CCCC1C(=O)O. The van der Waals surface area contributed by atoms with Gasteiger partial charge in [0.15, 0.2) is 0 Å². The smallest absolute Gasteiger partial charge is 0.307 e. The van der Waals surface area contributed by atoms with E-state index in [1.807, 2.05) is 0 Å². The molecule has 0 saturated heterocycles. The summed E-state index contributed by atoms with van der Waals surface area (Å²) in [7, 11) is -2.13. The molecule has 1 heterocycles. The maximum atomic E-state index is 12.4. The highest BCUT2D eigenvalue weighted by molar-refractivity contribution is 7.89. The molecule has 106 valence electrons. The number of aliphatic carboxylic acids is 1. The minimum absolute atomic E-state index is 0.196. The first-order valence-corrected chi connectivity index (χ1v) is 7.59. The Morgan fingerprint density at radius 3 is 2.89 bits per heavy atom. The Morgan fingerprint density at radius 2 is 2.32 bits per heavy atom. The summed E-state index contributed by atoms with van der Waals surface area (Å²) in [5.41, 5.74) is 0.746. The second-order valence-electron chi connectivity index (χ2n) is 4.82. The summed E-state index contributed by atoms with van der Waals surface area (Å²) in [6, 6.07) is 0. The Bertz CT molecular complexity index is 540. The van der Waals surface area contributed by atoms with Crippen LogP contribution in [0.25, 0.3) is 0 Å². The first-order valence-electron chi connectivity index (χ1n) is 6.08. The monoisotopic (exact) mass is 287 g/mol. The minimum atomic E-state index is -3.60. The lowest BCUT2D eigenvalue weighted by Crippen LogP contribution is -2.39. The molecule has 2 N–H and O–H groups in total. The number of carbonyl (C=O) groups is 1. The van der Waals surface area contributed by atoms with Crippen LogP contribution in [0.4, 0.5) is 0 Å². The largest absolute Gasteiger partial charge is 0.481 e. The maximum absolute atomic E-state index is 12.4. The average Bonchev–Trinajstić information content (AvgIpc) is 2.98. The van der Waals surface area contributed by atoms with Crippen molar-refractivity contribution in [2.45, 2.75) is 31.1 Å². The Balaban J connectivity index is 2.15. The number of carboxylic acids is 1. The van der Waals surface area contributed by atoms with Crippen molar-refractivity contribution in [2.75, 3.05) is 7.05 Å². The lowest BCUT2D eigenvalue weighted by Gasteiger charge is -2.23. The number of carboxylic acid groups (broad SMARTS) is 1. The third-order valence-corrected chi connectivity index (χ3v) is 5.87. The molecule has 19 heavy (non-hydrogen) atoms. The summed E-state index contributed by atoms with van der Waals surface area (Å²) < 4.78 is 26.0. The van der Waals surface area contributed by atoms with Gasteiger partial charge in [0.2, 0.25) is 10.0 Å². The van der Waals surface area contributed by atoms with Crippen molar-refractivity contribution in [3.8, 4) is 0 Å². The highest BCUT2D eigenvalue weighted by Crippen LogP contribution is 2.33. The molecule has 0 aliphatic heterocycles. The average molecular weight is 287 g/mol. The molecule has 2 atom stereocenters. The highest BCUT2D eigenvalue weighted by Gasteiger charge is 2.43. The van der Waals surface area contributed by atoms with Crippen LogP contribution in [0.1, 0.15) is 24.8 Å². The third kappa shape index (κ3) is 2.79. The van der Waals surface area contributed by atoms with Crippen molar-refractivity contribution in [2.24, 2.45) is 5.92 Å². The topological polar surface area (TPSA) is 103 Å². The van der Waals surface area contributed by atoms with Crippen LogP contribution in [0.5, 0.6) is 0 Å². The van der Waals surface area contributed by atoms with Crippen LogP contribution < -0.4 is 0 Å². The third-order valence-electron chi connectivity index (χ3n) is 3.55. The Morgan fingerprint density at radius 1 is 1.58 bits per heavy atom. The van der Waals surface area contributed by atoms with Gasteiger partial charge in [-0.25, -0.2) is 12.7 Å². The van der Waals surface area contributed by atoms with E-state index < -0.39 is 27.2 Å². The molecule has 0 spiro atoms. The number of aromatic nitrogens is 2. The first kappa shape index (κ1) is 14.0. The predicted octanol–water partition coefficient (Wildman–Crippen LogP) is 0.425. The summed E-state index contributed by atoms with van der Waals surface area (Å²) in [4.78, 5) is 11.1. The van der Waals surface area contributed by atoms with Crippen molar-refractivity contribution in [1.82, 2.24) is 14.5 Å². The molecule has 0 amide bonds. The van der Waals surface area contributed by atoms with Crippen LogP contribution in [0.15, 0.2) is 12.4 Å². The van der Waals surface area contributed by atoms with Crippen molar-refractivity contribution < 1.29 is 18.3 Å². The normalized spacial score (nSPS) is 23.9. The highest BCUT2D eigenvalue weighted by atomic mass is 32.2. The van der Waals surface area contributed by atoms with E-state index in [1.165, 1.54) is 11.4 Å². The van der Waals surface area contributed by atoms with Crippen LogP contribution in [-0.2, 0) is 21.4 Å². The molecule has 1 aromatic rings. The van der Waals surface area contributed by atoms with Gasteiger partial charge in [0, 0.05) is 25.4 Å². The quantitative estimate of drug-likeness (QED) is 0.817. The molecular formula is C11H17N3O4S. The van der Waals surface area contributed by atoms with E-state index in [-0.39, 0.29) is 6.54 Å². The van der Waals surface area contributed by atoms with Crippen molar-refractivity contribution in [1.29, 1.82) is 0 Å². The second-order valence-corrected chi connectivity index (χ2v) is 7.08. The molecule has 1 fully saturated rings. The molecule has 0 aromatic carbocycles. The number of rotatable bonds is 5. The lowest BCUT2D eigenvalue weighted by molar-refractivity contribution is -0.141. The van der Waals surface area contributed by atoms with Crippen LogP contribution >= 0.6 is 0 Å². The molecule has 0 radical (unpaired) electrons. The number of aromatic amines is 1. The number of H-pyrrole nitrogens is 1. The van der Waals surface area contributed by atoms with Gasteiger partial charge < -0.3 is 5.11 Å². The molecule has 1 saturated carbocycles. The molecule has 1 aliphatic carbocycles. The van der Waals surface area contributed by atoms with Gasteiger partial charge in [0.25, 0.3) is 0 Å². The summed E-state index contributed by atoms with van der Waals surface area (Å²) in [6.07, 6.45) is 4.65. The molecule has 1 aliphatic rings. The van der Waals surface area contributed by atoms with E-state index in [2.05, 4.69) is 10.2 Å². The Hall–Kier alpha value is -1.41. The van der Waals surface area contributed by atoms with Crippen LogP contribution in [0.2, 0.25) is 0 Å². The second kappa shape index (κ2) is 5.30. The van der Waals surface area contributed by atoms with Gasteiger partial charge in [-0.1, -0.05) is 6.42 Å². The summed E-state index contributed by atoms with van der Waals surface area (Å²) in [5, 5.41) is 14.6. The van der Waals surface area contributed by atoms with Gasteiger partial charge in [-0.3, -0.25) is 9.89 Å². The summed E-state index contributed by atoms with van der Waals surface area (Å²) >= 11 is 0. The fourth-order valence-corrected chi connectivity index (χ4v) is 4.43. The van der Waals surface area contributed by atoms with Gasteiger partial charge in [-0.05, 0) is 12.8 Å². The zero-order valence-electron chi connectivity index (χ0n) is 10.6. The van der Waals surface area contributed by atoms with Crippen LogP contribution in [-0.4, -0.2) is 46.3 Å². The molecule has 2 unspecified atom stereocenters. The fourth-order valence-electron chi connectivity index (χ4n) is 2.51. The van der Waals surface area contributed by atoms with Crippen LogP contribution in [0.3, 0.4) is 0 Å². The number of nitrogens with one attached hydrogen (secondary N) is 1. The molecule has 1 aromatic heterocycles. The molecule has 7 nitrogen and oxygen atoms in total. The molecule has 0 bridgehead atoms. The van der Waals surface area contributed by atoms with Crippen LogP contribution in [0, 0.1) is 5.92 Å². The van der Waals surface area contributed by atoms with Gasteiger partial charge in [0.05, 0.1) is 17.4 Å². The van der Waals surface area contributed by atoms with E-state index in [1.54, 1.807) is 12.4 Å². The predicted molar refractivity (Wildman–Crippen MR) is 67.7 cm³/mol. The molecule has 8 heteroatoms. The van der Waals surface area contributed by atoms with E-state index in [0.29, 0.717) is 19.3 Å². The van der Waals surface area contributed by atoms with Gasteiger partial charge in [-0.15, -0.1) is 0 Å². The number of sulfonamides is 1. The number of hydrogen-bond acceptors (Lipinski definition) is 4. The van der Waals surface area contributed by atoms with E-state index in [0.717, 1.165) is 5.56 Å². The van der Waals surface area contributed by atoms with Gasteiger partial charge in [0.1, 0.15) is 0 Å². The van der Waals surface area contributed by atoms with Crippen molar-refractivity contribution in [3.05, 3.63) is 18.0 Å². The summed E-state index contributed by atoms with van der Waals surface area (Å²) in [6.45, 7) is 0.196. The van der Waals surface area contributed by atoms with Crippen molar-refractivity contribution >= 4 is 16.0 Å². The van der Waals surface area contributed by atoms with E-state index >= 15 is 0 Å². The zero-order valence-corrected chi connectivity index (χ0v) is 11.4. The Kier molecular flexibility index (Phi) is 3.91. The maximum Gasteiger partial charge on any atom is 0.307 e. The standard InChI is InChI=1S/C11H17N3O4S/c1-14(7-8-5-12-13-6-8)19(17,18)10-4-2-3-9(10)11(15)16/h5-6,9-10H,2-4,7H2,1H3,(H,12,13)(H,15,16). The van der Waals surface area contributed by atoms with Gasteiger partial charge >= 0.3 is 5.97 Å². The first-order chi connectivity index (χ1) is 8.93. The lowest BCUT2D eigenvalue weighted by atomic mass is 10.1.